The fourth-order valence-electron chi connectivity index (χ4n) is 11.8. The quantitative estimate of drug-likeness (QED) is 0.159. The molecule has 1 aromatic heterocycles. The van der Waals surface area contributed by atoms with Gasteiger partial charge in [0.05, 0.1) is 5.69 Å². The first kappa shape index (κ1) is 37.8. The molecule has 3 aliphatic rings. The van der Waals surface area contributed by atoms with E-state index < -0.39 is 0 Å². The second kappa shape index (κ2) is 15.2. The van der Waals surface area contributed by atoms with Crippen LogP contribution in [0.4, 0.5) is 17.1 Å². The van der Waals surface area contributed by atoms with Crippen molar-refractivity contribution in [3.8, 4) is 22.3 Å². The summed E-state index contributed by atoms with van der Waals surface area (Å²) in [5.41, 5.74) is 18.3. The third kappa shape index (κ3) is 6.06. The third-order valence-electron chi connectivity index (χ3n) is 14.8. The summed E-state index contributed by atoms with van der Waals surface area (Å²) in [5.74, 6) is 1.02. The number of hydrogen-bond acceptors (Lipinski definition) is 2. The first-order valence-electron chi connectivity index (χ1n) is 23.1. The highest BCUT2D eigenvalue weighted by atomic mass is 16.3. The standard InChI is InChI=1S/C61H51NO/c1-40-18-13-32-53-58(40)51-37-36-46(39-54(51)61(53,2)44-24-7-4-8-25-44)62(45-26-14-23-43(38-45)48-30-17-35-57-60(48)52-28-10-12-34-56(52)63-57)55-33-11-9-27-49(55)50-31-16-22-42-21-15-29-47(59(42)50)41-19-5-3-6-20-41/h4,7-17,21-41H,3,5-6,18-20H2,1-2H3. The van der Waals surface area contributed by atoms with Gasteiger partial charge in [0.25, 0.3) is 0 Å². The SMILES string of the molecule is CC1CC=CC2=C1c1ccc(N(c3cccc(-c4cccc5oc6ccccc6c45)c3)c3ccccc3-c3cccc4cccc(C5CCCCC5)c34)cc1C2(C)c1ccccc1. The largest absolute Gasteiger partial charge is 0.456 e. The maximum Gasteiger partial charge on any atom is 0.136 e. The van der Waals surface area contributed by atoms with Gasteiger partial charge in [-0.3, -0.25) is 0 Å². The molecule has 0 N–H and O–H groups in total. The van der Waals surface area contributed by atoms with Gasteiger partial charge in [-0.25, -0.2) is 0 Å². The van der Waals surface area contributed by atoms with Gasteiger partial charge < -0.3 is 9.32 Å². The number of hydrogen-bond donors (Lipinski definition) is 0. The van der Waals surface area contributed by atoms with Crippen molar-refractivity contribution in [3.63, 3.8) is 0 Å². The van der Waals surface area contributed by atoms with Crippen molar-refractivity contribution in [1.29, 1.82) is 0 Å². The van der Waals surface area contributed by atoms with Crippen molar-refractivity contribution in [2.45, 2.75) is 63.7 Å². The monoisotopic (exact) mass is 813 g/mol. The minimum Gasteiger partial charge on any atom is -0.456 e. The lowest BCUT2D eigenvalue weighted by molar-refractivity contribution is 0.445. The molecule has 1 heterocycles. The molecule has 63 heavy (non-hydrogen) atoms. The zero-order chi connectivity index (χ0) is 42.1. The molecule has 3 aliphatic carbocycles. The molecule has 2 unspecified atom stereocenters. The number of anilines is 3. The zero-order valence-corrected chi connectivity index (χ0v) is 36.2. The molecule has 0 saturated heterocycles. The number of rotatable bonds is 7. The summed E-state index contributed by atoms with van der Waals surface area (Å²) >= 11 is 0. The highest BCUT2D eigenvalue weighted by Gasteiger charge is 2.44. The van der Waals surface area contributed by atoms with Gasteiger partial charge in [0.1, 0.15) is 11.2 Å². The number of nitrogens with zero attached hydrogens (tertiary/aromatic N) is 1. The molecule has 2 atom stereocenters. The fraction of sp³-hybridized carbons (Fsp3) is 0.180. The fourth-order valence-corrected chi connectivity index (χ4v) is 11.8. The second-order valence-electron chi connectivity index (χ2n) is 18.4. The Morgan fingerprint density at radius 2 is 1.29 bits per heavy atom. The molecular formula is C61H51NO. The predicted octanol–water partition coefficient (Wildman–Crippen LogP) is 17.3. The Balaban J connectivity index is 1.10. The van der Waals surface area contributed by atoms with Crippen LogP contribution in [0.5, 0.6) is 0 Å². The molecule has 2 heteroatoms. The number of benzene rings is 8. The van der Waals surface area contributed by atoms with E-state index in [1.165, 1.54) is 93.0 Å². The van der Waals surface area contributed by atoms with E-state index >= 15 is 0 Å². The summed E-state index contributed by atoms with van der Waals surface area (Å²) in [5, 5.41) is 5.00. The summed E-state index contributed by atoms with van der Waals surface area (Å²) in [6.45, 7) is 4.85. The van der Waals surface area contributed by atoms with E-state index in [0.717, 1.165) is 51.0 Å². The van der Waals surface area contributed by atoms with Gasteiger partial charge in [-0.05, 0) is 141 Å². The molecule has 9 aromatic rings. The van der Waals surface area contributed by atoms with Gasteiger partial charge in [-0.1, -0.05) is 172 Å². The molecule has 0 bridgehead atoms. The number of fused-ring (bicyclic) bond motifs is 6. The van der Waals surface area contributed by atoms with Gasteiger partial charge >= 0.3 is 0 Å². The Kier molecular flexibility index (Phi) is 9.11. The van der Waals surface area contributed by atoms with Crippen molar-refractivity contribution >= 4 is 55.3 Å². The van der Waals surface area contributed by atoms with Crippen LogP contribution in [-0.4, -0.2) is 0 Å². The number of para-hydroxylation sites is 2. The van der Waals surface area contributed by atoms with Gasteiger partial charge in [0.2, 0.25) is 0 Å². The lowest BCUT2D eigenvalue weighted by atomic mass is 9.72. The summed E-state index contributed by atoms with van der Waals surface area (Å²) < 4.78 is 6.41. The highest BCUT2D eigenvalue weighted by Crippen LogP contribution is 2.56. The first-order valence-corrected chi connectivity index (χ1v) is 23.1. The van der Waals surface area contributed by atoms with E-state index in [-0.39, 0.29) is 5.41 Å². The summed E-state index contributed by atoms with van der Waals surface area (Å²) in [6, 6.07) is 65.6. The summed E-state index contributed by atoms with van der Waals surface area (Å²) in [7, 11) is 0. The number of allylic oxidation sites excluding steroid dienone is 4. The van der Waals surface area contributed by atoms with E-state index in [0.29, 0.717) is 11.8 Å². The third-order valence-corrected chi connectivity index (χ3v) is 14.8. The highest BCUT2D eigenvalue weighted by molar-refractivity contribution is 6.12. The lowest BCUT2D eigenvalue weighted by Gasteiger charge is -2.33. The number of furan rings is 1. The van der Waals surface area contributed by atoms with Gasteiger partial charge in [0.15, 0.2) is 0 Å². The normalized spacial score (nSPS) is 18.6. The van der Waals surface area contributed by atoms with Crippen molar-refractivity contribution in [2.24, 2.45) is 5.92 Å². The Morgan fingerprint density at radius 3 is 2.17 bits per heavy atom. The maximum atomic E-state index is 6.41. The zero-order valence-electron chi connectivity index (χ0n) is 36.2. The van der Waals surface area contributed by atoms with Crippen LogP contribution in [0, 0.1) is 5.92 Å². The van der Waals surface area contributed by atoms with Crippen molar-refractivity contribution < 1.29 is 4.42 Å². The average molecular weight is 814 g/mol. The Hall–Kier alpha value is -6.90. The van der Waals surface area contributed by atoms with E-state index in [9.17, 15) is 0 Å². The second-order valence-corrected chi connectivity index (χ2v) is 18.4. The Labute approximate surface area is 370 Å². The molecule has 0 spiro atoms. The van der Waals surface area contributed by atoms with Crippen LogP contribution in [-0.2, 0) is 5.41 Å². The van der Waals surface area contributed by atoms with Crippen LogP contribution in [0.3, 0.4) is 0 Å². The molecule has 0 amide bonds. The van der Waals surface area contributed by atoms with E-state index in [4.69, 9.17) is 4.42 Å². The van der Waals surface area contributed by atoms with Crippen molar-refractivity contribution in [3.05, 3.63) is 216 Å². The minimum absolute atomic E-state index is 0.303. The Bertz CT molecular complexity index is 3280. The van der Waals surface area contributed by atoms with E-state index in [1.54, 1.807) is 0 Å². The minimum atomic E-state index is -0.303. The van der Waals surface area contributed by atoms with E-state index in [1.807, 2.05) is 0 Å². The predicted molar refractivity (Wildman–Crippen MR) is 265 cm³/mol. The molecule has 2 nitrogen and oxygen atoms in total. The van der Waals surface area contributed by atoms with Crippen LogP contribution >= 0.6 is 0 Å². The molecular weight excluding hydrogens is 763 g/mol. The smallest absolute Gasteiger partial charge is 0.136 e. The molecule has 12 rings (SSSR count). The molecule has 0 radical (unpaired) electrons. The van der Waals surface area contributed by atoms with Gasteiger partial charge in [-0.15, -0.1) is 0 Å². The molecule has 1 fully saturated rings. The van der Waals surface area contributed by atoms with Crippen LogP contribution in [0.1, 0.15) is 80.5 Å². The molecule has 8 aromatic carbocycles. The average Bonchev–Trinajstić information content (AvgIpc) is 3.86. The van der Waals surface area contributed by atoms with Crippen molar-refractivity contribution in [1.82, 2.24) is 0 Å². The van der Waals surface area contributed by atoms with Crippen LogP contribution in [0.2, 0.25) is 0 Å². The van der Waals surface area contributed by atoms with E-state index in [2.05, 4.69) is 207 Å². The van der Waals surface area contributed by atoms with Crippen molar-refractivity contribution in [2.75, 3.05) is 4.90 Å². The molecule has 306 valence electrons. The summed E-state index contributed by atoms with van der Waals surface area (Å²) in [4.78, 5) is 2.54. The van der Waals surface area contributed by atoms with Gasteiger partial charge in [0, 0.05) is 33.1 Å². The van der Waals surface area contributed by atoms with Crippen LogP contribution in [0.25, 0.3) is 60.5 Å². The maximum absolute atomic E-state index is 6.41. The lowest BCUT2D eigenvalue weighted by Crippen LogP contribution is -2.24. The Morgan fingerprint density at radius 1 is 0.571 bits per heavy atom. The first-order chi connectivity index (χ1) is 31.1. The van der Waals surface area contributed by atoms with Crippen LogP contribution in [0.15, 0.2) is 198 Å². The van der Waals surface area contributed by atoms with Gasteiger partial charge in [-0.2, -0.15) is 0 Å². The summed E-state index contributed by atoms with van der Waals surface area (Å²) in [6.07, 6.45) is 12.3. The molecule has 1 saturated carbocycles. The topological polar surface area (TPSA) is 16.4 Å². The van der Waals surface area contributed by atoms with Crippen LogP contribution < -0.4 is 4.90 Å². The molecule has 0 aliphatic heterocycles.